The van der Waals surface area contributed by atoms with E-state index in [9.17, 15) is 4.79 Å². The second kappa shape index (κ2) is 5.18. The van der Waals surface area contributed by atoms with Crippen LogP contribution in [0.3, 0.4) is 0 Å². The third-order valence-electron chi connectivity index (χ3n) is 2.40. The maximum Gasteiger partial charge on any atom is 0.344 e. The Morgan fingerprint density at radius 3 is 2.78 bits per heavy atom. The molecule has 0 saturated carbocycles. The van der Waals surface area contributed by atoms with Gasteiger partial charge in [0.05, 0.1) is 5.69 Å². The summed E-state index contributed by atoms with van der Waals surface area (Å²) in [7, 11) is 0. The molecule has 0 saturated heterocycles. The topological polar surface area (TPSA) is 65.2 Å². The van der Waals surface area contributed by atoms with Crippen LogP contribution in [0.15, 0.2) is 22.9 Å². The summed E-state index contributed by atoms with van der Waals surface area (Å²) >= 11 is 5.66. The molecular weight excluding hydrogens is 256 g/mol. The molecule has 18 heavy (non-hydrogen) atoms. The molecule has 0 aliphatic heterocycles. The van der Waals surface area contributed by atoms with Gasteiger partial charge in [0.25, 0.3) is 0 Å². The van der Waals surface area contributed by atoms with E-state index in [4.69, 9.17) is 20.9 Å². The highest BCUT2D eigenvalue weighted by molar-refractivity contribution is 6.29. The maximum absolute atomic E-state index is 11.8. The standard InChI is InChI=1S/C12H11ClN2O3/c1-7-11(8(2)18-15-7)12(16)17-6-9-3-4-10(13)14-5-9/h3-5H,6H2,1-2H3. The molecule has 0 aliphatic rings. The van der Waals surface area contributed by atoms with Crippen molar-refractivity contribution in [1.29, 1.82) is 0 Å². The largest absolute Gasteiger partial charge is 0.457 e. The number of aromatic nitrogens is 2. The Hall–Kier alpha value is -1.88. The molecule has 0 atom stereocenters. The molecule has 0 unspecified atom stereocenters. The molecule has 2 rings (SSSR count). The van der Waals surface area contributed by atoms with Gasteiger partial charge in [-0.2, -0.15) is 0 Å². The van der Waals surface area contributed by atoms with Crippen molar-refractivity contribution in [3.63, 3.8) is 0 Å². The highest BCUT2D eigenvalue weighted by atomic mass is 35.5. The highest BCUT2D eigenvalue weighted by Crippen LogP contribution is 2.14. The fourth-order valence-corrected chi connectivity index (χ4v) is 1.60. The molecule has 0 N–H and O–H groups in total. The van der Waals surface area contributed by atoms with Crippen LogP contribution >= 0.6 is 11.6 Å². The Bertz CT molecular complexity index is 544. The SMILES string of the molecule is Cc1noc(C)c1C(=O)OCc1ccc(Cl)nc1. The minimum absolute atomic E-state index is 0.132. The Balaban J connectivity index is 2.03. The van der Waals surface area contributed by atoms with Gasteiger partial charge >= 0.3 is 5.97 Å². The lowest BCUT2D eigenvalue weighted by Crippen LogP contribution is -2.07. The number of pyridine rings is 1. The average Bonchev–Trinajstić information content (AvgIpc) is 2.68. The molecule has 0 aromatic carbocycles. The molecule has 5 nitrogen and oxygen atoms in total. The van der Waals surface area contributed by atoms with Crippen LogP contribution in [0, 0.1) is 13.8 Å². The first-order valence-corrected chi connectivity index (χ1v) is 5.66. The van der Waals surface area contributed by atoms with Gasteiger partial charge in [0.1, 0.15) is 23.1 Å². The van der Waals surface area contributed by atoms with E-state index >= 15 is 0 Å². The average molecular weight is 267 g/mol. The van der Waals surface area contributed by atoms with Crippen molar-refractivity contribution in [3.05, 3.63) is 46.1 Å². The molecule has 2 aromatic heterocycles. The number of hydrogen-bond donors (Lipinski definition) is 0. The number of halogens is 1. The van der Waals surface area contributed by atoms with E-state index in [0.29, 0.717) is 22.2 Å². The second-order valence-corrected chi connectivity index (χ2v) is 4.15. The summed E-state index contributed by atoms with van der Waals surface area (Å²) in [6, 6.07) is 3.39. The molecular formula is C12H11ClN2O3. The lowest BCUT2D eigenvalue weighted by molar-refractivity contribution is 0.0469. The normalized spacial score (nSPS) is 10.4. The van der Waals surface area contributed by atoms with Gasteiger partial charge in [-0.05, 0) is 19.9 Å². The molecule has 0 fully saturated rings. The van der Waals surface area contributed by atoms with Crippen LogP contribution in [0.2, 0.25) is 5.15 Å². The van der Waals surface area contributed by atoms with Crippen molar-refractivity contribution in [2.45, 2.75) is 20.5 Å². The van der Waals surface area contributed by atoms with E-state index in [1.165, 1.54) is 0 Å². The van der Waals surface area contributed by atoms with Gasteiger partial charge in [-0.25, -0.2) is 9.78 Å². The third kappa shape index (κ3) is 2.68. The Kier molecular flexibility index (Phi) is 3.62. The van der Waals surface area contributed by atoms with Gasteiger partial charge in [0.15, 0.2) is 0 Å². The quantitative estimate of drug-likeness (QED) is 0.631. The van der Waals surface area contributed by atoms with Gasteiger partial charge in [-0.1, -0.05) is 22.8 Å². The van der Waals surface area contributed by atoms with Crippen molar-refractivity contribution in [2.24, 2.45) is 0 Å². The molecule has 2 heterocycles. The molecule has 0 bridgehead atoms. The first kappa shape index (κ1) is 12.6. The van der Waals surface area contributed by atoms with E-state index in [1.54, 1.807) is 32.2 Å². The van der Waals surface area contributed by atoms with Gasteiger partial charge < -0.3 is 9.26 Å². The molecule has 0 spiro atoms. The number of nitrogens with zero attached hydrogens (tertiary/aromatic N) is 2. The van der Waals surface area contributed by atoms with Crippen molar-refractivity contribution in [3.8, 4) is 0 Å². The monoisotopic (exact) mass is 266 g/mol. The van der Waals surface area contributed by atoms with Gasteiger partial charge in [-0.3, -0.25) is 0 Å². The predicted molar refractivity (Wildman–Crippen MR) is 64.3 cm³/mol. The molecule has 6 heteroatoms. The number of esters is 1. The minimum Gasteiger partial charge on any atom is -0.457 e. The Labute approximate surface area is 109 Å². The maximum atomic E-state index is 11.8. The van der Waals surface area contributed by atoms with E-state index in [0.717, 1.165) is 5.56 Å². The zero-order chi connectivity index (χ0) is 13.1. The molecule has 0 radical (unpaired) electrons. The number of rotatable bonds is 3. The number of ether oxygens (including phenoxy) is 1. The van der Waals surface area contributed by atoms with Crippen LogP contribution in [0.1, 0.15) is 27.4 Å². The summed E-state index contributed by atoms with van der Waals surface area (Å²) in [4.78, 5) is 15.7. The number of carbonyl (C=O) groups is 1. The number of carbonyl (C=O) groups excluding carboxylic acids is 1. The molecule has 0 amide bonds. The molecule has 0 aliphatic carbocycles. The zero-order valence-electron chi connectivity index (χ0n) is 9.94. The zero-order valence-corrected chi connectivity index (χ0v) is 10.7. The predicted octanol–water partition coefficient (Wildman–Crippen LogP) is 2.70. The van der Waals surface area contributed by atoms with E-state index in [1.807, 2.05) is 0 Å². The van der Waals surface area contributed by atoms with Crippen molar-refractivity contribution < 1.29 is 14.1 Å². The second-order valence-electron chi connectivity index (χ2n) is 3.76. The van der Waals surface area contributed by atoms with Gasteiger partial charge in [-0.15, -0.1) is 0 Å². The van der Waals surface area contributed by atoms with Crippen LogP contribution in [-0.4, -0.2) is 16.1 Å². The Morgan fingerprint density at radius 1 is 1.44 bits per heavy atom. The van der Waals surface area contributed by atoms with Crippen LogP contribution in [-0.2, 0) is 11.3 Å². The first-order valence-electron chi connectivity index (χ1n) is 5.28. The van der Waals surface area contributed by atoms with Gasteiger partial charge in [0, 0.05) is 11.8 Å². The lowest BCUT2D eigenvalue weighted by Gasteiger charge is -2.04. The van der Waals surface area contributed by atoms with Crippen LogP contribution < -0.4 is 0 Å². The van der Waals surface area contributed by atoms with Crippen molar-refractivity contribution in [1.82, 2.24) is 10.1 Å². The summed E-state index contributed by atoms with van der Waals surface area (Å²) in [6.07, 6.45) is 1.56. The molecule has 94 valence electrons. The van der Waals surface area contributed by atoms with E-state index in [2.05, 4.69) is 10.1 Å². The van der Waals surface area contributed by atoms with Crippen molar-refractivity contribution in [2.75, 3.05) is 0 Å². The summed E-state index contributed by atoms with van der Waals surface area (Å²) in [5.41, 5.74) is 1.66. The van der Waals surface area contributed by atoms with Gasteiger partial charge in [0.2, 0.25) is 0 Å². The van der Waals surface area contributed by atoms with E-state index in [-0.39, 0.29) is 6.61 Å². The first-order chi connectivity index (χ1) is 8.58. The fourth-order valence-electron chi connectivity index (χ4n) is 1.49. The summed E-state index contributed by atoms with van der Waals surface area (Å²) < 4.78 is 10.1. The number of hydrogen-bond acceptors (Lipinski definition) is 5. The van der Waals surface area contributed by atoms with Crippen LogP contribution in [0.5, 0.6) is 0 Å². The van der Waals surface area contributed by atoms with Crippen molar-refractivity contribution >= 4 is 17.6 Å². The van der Waals surface area contributed by atoms with Crippen LogP contribution in [0.25, 0.3) is 0 Å². The highest BCUT2D eigenvalue weighted by Gasteiger charge is 2.18. The fraction of sp³-hybridized carbons (Fsp3) is 0.250. The summed E-state index contributed by atoms with van der Waals surface area (Å²) in [5.74, 6) is -0.00655. The van der Waals surface area contributed by atoms with Crippen LogP contribution in [0.4, 0.5) is 0 Å². The summed E-state index contributed by atoms with van der Waals surface area (Å²) in [6.45, 7) is 3.49. The summed E-state index contributed by atoms with van der Waals surface area (Å²) in [5, 5.41) is 4.10. The third-order valence-corrected chi connectivity index (χ3v) is 2.62. The van der Waals surface area contributed by atoms with E-state index < -0.39 is 5.97 Å². The lowest BCUT2D eigenvalue weighted by atomic mass is 10.2. The minimum atomic E-state index is -0.457. The Morgan fingerprint density at radius 2 is 2.22 bits per heavy atom. The smallest absolute Gasteiger partial charge is 0.344 e. The molecule has 2 aromatic rings. The number of aryl methyl sites for hydroxylation is 2.